The lowest BCUT2D eigenvalue weighted by molar-refractivity contribution is -0.250. The number of carbonyl (C=O) groups excluding carboxylic acids is 1. The topological polar surface area (TPSA) is 87.0 Å². The molecular weight excluding hydrogens is 224 g/mol. The molecule has 0 aliphatic heterocycles. The summed E-state index contributed by atoms with van der Waals surface area (Å²) in [5, 5.41) is 30.2. The van der Waals surface area contributed by atoms with E-state index in [2.05, 4.69) is 0 Å². The van der Waals surface area contributed by atoms with Gasteiger partial charge in [0.1, 0.15) is 17.8 Å². The summed E-state index contributed by atoms with van der Waals surface area (Å²) in [6, 6.07) is 0. The monoisotopic (exact) mass is 246 g/mol. The molecule has 0 aromatic heterocycles. The third-order valence-corrected chi connectivity index (χ3v) is 4.08. The van der Waals surface area contributed by atoms with E-state index in [-0.39, 0.29) is 12.8 Å². The van der Waals surface area contributed by atoms with Crippen molar-refractivity contribution in [3.63, 3.8) is 0 Å². The molecule has 1 aliphatic carbocycles. The van der Waals surface area contributed by atoms with Gasteiger partial charge in [-0.15, -0.1) is 0 Å². The number of rotatable bonds is 2. The summed E-state index contributed by atoms with van der Waals surface area (Å²) in [5.74, 6) is -0.454. The predicted octanol–water partition coefficient (Wildman–Crippen LogP) is 0.211. The second-order valence-corrected chi connectivity index (χ2v) is 5.35. The van der Waals surface area contributed by atoms with Crippen LogP contribution in [0.3, 0.4) is 0 Å². The molecule has 3 unspecified atom stereocenters. The van der Waals surface area contributed by atoms with Crippen molar-refractivity contribution in [3.8, 4) is 0 Å². The summed E-state index contributed by atoms with van der Waals surface area (Å²) >= 11 is 0. The molecule has 4 atom stereocenters. The van der Waals surface area contributed by atoms with Crippen LogP contribution in [0.2, 0.25) is 0 Å². The van der Waals surface area contributed by atoms with Gasteiger partial charge in [-0.05, 0) is 6.42 Å². The first-order valence-corrected chi connectivity index (χ1v) is 5.92. The number of hydrogen-bond acceptors (Lipinski definition) is 5. The second kappa shape index (κ2) is 4.55. The molecule has 0 aromatic rings. The summed E-state index contributed by atoms with van der Waals surface area (Å²) in [7, 11) is 0. The highest BCUT2D eigenvalue weighted by molar-refractivity contribution is 5.66. The zero-order valence-electron chi connectivity index (χ0n) is 10.8. The lowest BCUT2D eigenvalue weighted by Crippen LogP contribution is -2.67. The van der Waals surface area contributed by atoms with E-state index >= 15 is 0 Å². The molecule has 1 saturated carbocycles. The number of hydrogen-bond donors (Lipinski definition) is 3. The molecule has 5 heteroatoms. The summed E-state index contributed by atoms with van der Waals surface area (Å²) < 4.78 is 5.15. The fourth-order valence-electron chi connectivity index (χ4n) is 2.68. The van der Waals surface area contributed by atoms with Crippen LogP contribution in [0, 0.1) is 5.41 Å². The van der Waals surface area contributed by atoms with Gasteiger partial charge in [0.25, 0.3) is 0 Å². The first-order valence-electron chi connectivity index (χ1n) is 5.92. The fraction of sp³-hybridized carbons (Fsp3) is 0.917. The maximum atomic E-state index is 11.0. The van der Waals surface area contributed by atoms with Crippen LogP contribution >= 0.6 is 0 Å². The molecule has 0 radical (unpaired) electrons. The highest BCUT2D eigenvalue weighted by atomic mass is 16.5. The average molecular weight is 246 g/mol. The van der Waals surface area contributed by atoms with Crippen LogP contribution in [0.25, 0.3) is 0 Å². The minimum atomic E-state index is -1.47. The highest BCUT2D eigenvalue weighted by Crippen LogP contribution is 2.47. The summed E-state index contributed by atoms with van der Waals surface area (Å²) in [6.07, 6.45) is -2.51. The number of carbonyl (C=O) groups is 1. The minimum absolute atomic E-state index is 0.135. The van der Waals surface area contributed by atoms with E-state index in [0.717, 1.165) is 0 Å². The van der Waals surface area contributed by atoms with Gasteiger partial charge in [-0.3, -0.25) is 4.79 Å². The molecule has 0 amide bonds. The molecule has 3 N–H and O–H groups in total. The van der Waals surface area contributed by atoms with Crippen molar-refractivity contribution in [2.24, 2.45) is 5.41 Å². The zero-order chi connectivity index (χ0) is 13.4. The van der Waals surface area contributed by atoms with Gasteiger partial charge in [-0.25, -0.2) is 0 Å². The normalized spacial score (nSPS) is 41.0. The maximum Gasteiger partial charge on any atom is 0.302 e. The number of aliphatic hydroxyl groups is 3. The highest BCUT2D eigenvalue weighted by Gasteiger charge is 2.59. The Balaban J connectivity index is 3.08. The number of ether oxygens (including phenoxy) is 1. The summed E-state index contributed by atoms with van der Waals surface area (Å²) in [6.45, 7) is 6.49. The van der Waals surface area contributed by atoms with E-state index in [4.69, 9.17) is 4.74 Å². The van der Waals surface area contributed by atoms with Gasteiger partial charge in [-0.1, -0.05) is 20.8 Å². The van der Waals surface area contributed by atoms with E-state index in [1.807, 2.05) is 0 Å². The standard InChI is InChI=1S/C12H22O5/c1-5-12(16)10(15)8(14)6-9(11(12,3)4)17-7(2)13/h8-10,14-16H,5-6H2,1-4H3/t8?,9-,10?,12?/m0/s1. The molecule has 1 fully saturated rings. The molecule has 1 aliphatic rings. The average Bonchev–Trinajstić information content (AvgIpc) is 2.23. The fourth-order valence-corrected chi connectivity index (χ4v) is 2.68. The lowest BCUT2D eigenvalue weighted by Gasteiger charge is -2.54. The summed E-state index contributed by atoms with van der Waals surface area (Å²) in [5.41, 5.74) is -2.28. The van der Waals surface area contributed by atoms with Gasteiger partial charge in [0.05, 0.1) is 6.10 Å². The Labute approximate surface area is 101 Å². The molecule has 1 rings (SSSR count). The maximum absolute atomic E-state index is 11.0. The first kappa shape index (κ1) is 14.4. The number of esters is 1. The summed E-state index contributed by atoms with van der Waals surface area (Å²) in [4.78, 5) is 11.0. The largest absolute Gasteiger partial charge is 0.462 e. The van der Waals surface area contributed by atoms with Gasteiger partial charge >= 0.3 is 5.97 Å². The third-order valence-electron chi connectivity index (χ3n) is 4.08. The van der Waals surface area contributed by atoms with Gasteiger partial charge in [0.2, 0.25) is 0 Å². The molecule has 0 aromatic carbocycles. The Kier molecular flexibility index (Phi) is 3.86. The van der Waals surface area contributed by atoms with Crippen molar-refractivity contribution in [2.45, 2.75) is 64.4 Å². The predicted molar refractivity (Wildman–Crippen MR) is 61.2 cm³/mol. The Morgan fingerprint density at radius 1 is 1.41 bits per heavy atom. The second-order valence-electron chi connectivity index (χ2n) is 5.35. The van der Waals surface area contributed by atoms with Crippen molar-refractivity contribution in [1.82, 2.24) is 0 Å². The van der Waals surface area contributed by atoms with Crippen LogP contribution in [-0.4, -0.2) is 45.2 Å². The van der Waals surface area contributed by atoms with E-state index < -0.39 is 35.3 Å². The molecule has 0 saturated heterocycles. The van der Waals surface area contributed by atoms with Crippen molar-refractivity contribution >= 4 is 5.97 Å². The smallest absolute Gasteiger partial charge is 0.302 e. The van der Waals surface area contributed by atoms with Crippen LogP contribution in [-0.2, 0) is 9.53 Å². The Morgan fingerprint density at radius 3 is 2.35 bits per heavy atom. The first-order chi connectivity index (χ1) is 7.66. The Hall–Kier alpha value is -0.650. The lowest BCUT2D eigenvalue weighted by atomic mass is 9.60. The van der Waals surface area contributed by atoms with E-state index in [1.165, 1.54) is 6.92 Å². The molecular formula is C12H22O5. The molecule has 0 bridgehead atoms. The van der Waals surface area contributed by atoms with E-state index in [0.29, 0.717) is 0 Å². The van der Waals surface area contributed by atoms with Gasteiger partial charge < -0.3 is 20.1 Å². The van der Waals surface area contributed by atoms with Crippen molar-refractivity contribution in [1.29, 1.82) is 0 Å². The van der Waals surface area contributed by atoms with Crippen LogP contribution in [0.5, 0.6) is 0 Å². The Bertz CT molecular complexity index is 301. The minimum Gasteiger partial charge on any atom is -0.462 e. The van der Waals surface area contributed by atoms with Crippen molar-refractivity contribution in [2.75, 3.05) is 0 Å². The molecule has 100 valence electrons. The SMILES string of the molecule is CCC1(O)C(O)C(O)C[C@H](OC(C)=O)C1(C)C. The molecule has 0 spiro atoms. The molecule has 5 nitrogen and oxygen atoms in total. The van der Waals surface area contributed by atoms with Crippen LogP contribution < -0.4 is 0 Å². The number of aliphatic hydroxyl groups excluding tert-OH is 2. The van der Waals surface area contributed by atoms with Crippen LogP contribution in [0.1, 0.15) is 40.5 Å². The van der Waals surface area contributed by atoms with E-state index in [1.54, 1.807) is 20.8 Å². The van der Waals surface area contributed by atoms with Crippen molar-refractivity contribution < 1.29 is 24.9 Å². The Morgan fingerprint density at radius 2 is 1.94 bits per heavy atom. The molecule has 0 heterocycles. The third kappa shape index (κ3) is 2.19. The zero-order valence-corrected chi connectivity index (χ0v) is 10.8. The molecule has 17 heavy (non-hydrogen) atoms. The van der Waals surface area contributed by atoms with Crippen LogP contribution in [0.4, 0.5) is 0 Å². The van der Waals surface area contributed by atoms with Gasteiger partial charge in [0, 0.05) is 18.8 Å². The van der Waals surface area contributed by atoms with E-state index in [9.17, 15) is 20.1 Å². The van der Waals surface area contributed by atoms with Gasteiger partial charge in [-0.2, -0.15) is 0 Å². The van der Waals surface area contributed by atoms with Gasteiger partial charge in [0.15, 0.2) is 0 Å². The van der Waals surface area contributed by atoms with Crippen LogP contribution in [0.15, 0.2) is 0 Å². The quantitative estimate of drug-likeness (QED) is 0.606. The van der Waals surface area contributed by atoms with Crippen molar-refractivity contribution in [3.05, 3.63) is 0 Å².